The maximum absolute atomic E-state index is 12.2. The number of halogens is 1. The van der Waals surface area contributed by atoms with Crippen LogP contribution in [0.5, 0.6) is 0 Å². The van der Waals surface area contributed by atoms with Gasteiger partial charge in [0.1, 0.15) is 6.04 Å². The van der Waals surface area contributed by atoms with Gasteiger partial charge in [-0.3, -0.25) is 4.79 Å². The van der Waals surface area contributed by atoms with E-state index < -0.39 is 27.4 Å². The molecule has 0 aromatic heterocycles. The quantitative estimate of drug-likeness (QED) is 0.866. The van der Waals surface area contributed by atoms with Gasteiger partial charge in [-0.1, -0.05) is 42.8 Å². The van der Waals surface area contributed by atoms with E-state index in [2.05, 4.69) is 20.7 Å². The van der Waals surface area contributed by atoms with E-state index in [-0.39, 0.29) is 4.90 Å². The van der Waals surface area contributed by atoms with Crippen LogP contribution in [0.2, 0.25) is 0 Å². The minimum atomic E-state index is -3.79. The molecular weight excluding hydrogens is 332 g/mol. The van der Waals surface area contributed by atoms with Gasteiger partial charge >= 0.3 is 0 Å². The van der Waals surface area contributed by atoms with E-state index in [1.807, 2.05) is 0 Å². The van der Waals surface area contributed by atoms with Crippen LogP contribution in [0.1, 0.15) is 20.8 Å². The largest absolute Gasteiger partial charge is 0.368 e. The standard InChI is InChI=1S/C12H17BrN2O3S/c1-12(2,3)10(11(14)16)15-19(17,18)9-6-4-5-8(13)7-9/h4-7,10,15H,1-3H3,(H2,14,16)/t10-/m0/s1. The lowest BCUT2D eigenvalue weighted by Gasteiger charge is -2.28. The predicted octanol–water partition coefficient (Wildman–Crippen LogP) is 1.63. The molecule has 1 amide bonds. The maximum Gasteiger partial charge on any atom is 0.241 e. The number of nitrogens with two attached hydrogens (primary N) is 1. The number of nitrogens with one attached hydrogen (secondary N) is 1. The van der Waals surface area contributed by atoms with Gasteiger partial charge < -0.3 is 5.73 Å². The van der Waals surface area contributed by atoms with Crippen molar-refractivity contribution < 1.29 is 13.2 Å². The van der Waals surface area contributed by atoms with Crippen molar-refractivity contribution in [2.45, 2.75) is 31.7 Å². The first kappa shape index (κ1) is 16.1. The van der Waals surface area contributed by atoms with Gasteiger partial charge in [-0.05, 0) is 23.6 Å². The summed E-state index contributed by atoms with van der Waals surface area (Å²) in [6, 6.07) is 5.26. The average Bonchev–Trinajstić information content (AvgIpc) is 2.24. The second-order valence-electron chi connectivity index (χ2n) is 5.28. The molecule has 0 bridgehead atoms. The smallest absolute Gasteiger partial charge is 0.241 e. The normalized spacial score (nSPS) is 14.1. The fraction of sp³-hybridized carbons (Fsp3) is 0.417. The number of amides is 1. The zero-order valence-electron chi connectivity index (χ0n) is 11.0. The third-order valence-corrected chi connectivity index (χ3v) is 4.44. The first-order valence-electron chi connectivity index (χ1n) is 5.61. The second kappa shape index (κ2) is 5.60. The molecule has 7 heteroatoms. The van der Waals surface area contributed by atoms with Gasteiger partial charge in [-0.25, -0.2) is 8.42 Å². The Morgan fingerprint density at radius 2 is 1.95 bits per heavy atom. The lowest BCUT2D eigenvalue weighted by Crippen LogP contribution is -2.51. The monoisotopic (exact) mass is 348 g/mol. The molecule has 0 radical (unpaired) electrons. The highest BCUT2D eigenvalue weighted by molar-refractivity contribution is 9.10. The summed E-state index contributed by atoms with van der Waals surface area (Å²) >= 11 is 3.21. The third kappa shape index (κ3) is 4.29. The van der Waals surface area contributed by atoms with Crippen molar-refractivity contribution >= 4 is 31.9 Å². The number of sulfonamides is 1. The van der Waals surface area contributed by atoms with Gasteiger partial charge in [-0.15, -0.1) is 0 Å². The predicted molar refractivity (Wildman–Crippen MR) is 76.9 cm³/mol. The molecule has 19 heavy (non-hydrogen) atoms. The highest BCUT2D eigenvalue weighted by Crippen LogP contribution is 2.22. The van der Waals surface area contributed by atoms with Crippen LogP contribution in [0.15, 0.2) is 33.6 Å². The Hall–Kier alpha value is -0.920. The van der Waals surface area contributed by atoms with Gasteiger partial charge in [-0.2, -0.15) is 4.72 Å². The Labute approximate surface area is 121 Å². The molecule has 5 nitrogen and oxygen atoms in total. The molecule has 1 aromatic rings. The van der Waals surface area contributed by atoms with Crippen LogP contribution in [-0.2, 0) is 14.8 Å². The number of rotatable bonds is 4. The number of hydrogen-bond donors (Lipinski definition) is 2. The fourth-order valence-corrected chi connectivity index (χ4v) is 3.53. The van der Waals surface area contributed by atoms with Crippen molar-refractivity contribution in [1.29, 1.82) is 0 Å². The van der Waals surface area contributed by atoms with E-state index in [0.29, 0.717) is 4.47 Å². The van der Waals surface area contributed by atoms with E-state index in [4.69, 9.17) is 5.73 Å². The van der Waals surface area contributed by atoms with E-state index in [1.54, 1.807) is 32.9 Å². The fourth-order valence-electron chi connectivity index (χ4n) is 1.52. The molecule has 106 valence electrons. The molecule has 0 aliphatic carbocycles. The first-order chi connectivity index (χ1) is 8.54. The van der Waals surface area contributed by atoms with Gasteiger partial charge in [0, 0.05) is 4.47 Å². The SMILES string of the molecule is CC(C)(C)[C@@H](NS(=O)(=O)c1cccc(Br)c1)C(N)=O. The molecule has 3 N–H and O–H groups in total. The van der Waals surface area contributed by atoms with Crippen molar-refractivity contribution in [3.8, 4) is 0 Å². The third-order valence-electron chi connectivity index (χ3n) is 2.53. The number of benzene rings is 1. The molecule has 0 aliphatic rings. The van der Waals surface area contributed by atoms with Crippen molar-refractivity contribution in [2.24, 2.45) is 11.1 Å². The van der Waals surface area contributed by atoms with Gasteiger partial charge in [0.25, 0.3) is 0 Å². The summed E-state index contributed by atoms with van der Waals surface area (Å²) in [6.07, 6.45) is 0. The molecule has 0 unspecified atom stereocenters. The second-order valence-corrected chi connectivity index (χ2v) is 7.91. The van der Waals surface area contributed by atoms with Gasteiger partial charge in [0.2, 0.25) is 15.9 Å². The molecule has 0 saturated carbocycles. The summed E-state index contributed by atoms with van der Waals surface area (Å²) in [6.45, 7) is 5.23. The lowest BCUT2D eigenvalue weighted by molar-refractivity contribution is -0.121. The Bertz CT molecular complexity index is 579. The Morgan fingerprint density at radius 3 is 2.37 bits per heavy atom. The van der Waals surface area contributed by atoms with Crippen molar-refractivity contribution in [3.05, 3.63) is 28.7 Å². The van der Waals surface area contributed by atoms with E-state index in [9.17, 15) is 13.2 Å². The summed E-state index contributed by atoms with van der Waals surface area (Å²) in [5.74, 6) is -0.703. The summed E-state index contributed by atoms with van der Waals surface area (Å²) in [5.41, 5.74) is 4.66. The Balaban J connectivity index is 3.12. The van der Waals surface area contributed by atoms with E-state index in [0.717, 1.165) is 0 Å². The molecule has 1 atom stereocenters. The summed E-state index contributed by atoms with van der Waals surface area (Å²) < 4.78 is 27.4. The lowest BCUT2D eigenvalue weighted by atomic mass is 9.87. The average molecular weight is 349 g/mol. The van der Waals surface area contributed by atoms with Crippen LogP contribution in [-0.4, -0.2) is 20.4 Å². The zero-order chi connectivity index (χ0) is 14.8. The highest BCUT2D eigenvalue weighted by atomic mass is 79.9. The van der Waals surface area contributed by atoms with Gasteiger partial charge in [0.05, 0.1) is 4.90 Å². The maximum atomic E-state index is 12.2. The molecule has 0 aliphatic heterocycles. The topological polar surface area (TPSA) is 89.3 Å². The molecule has 0 saturated heterocycles. The molecule has 0 heterocycles. The van der Waals surface area contributed by atoms with Gasteiger partial charge in [0.15, 0.2) is 0 Å². The minimum Gasteiger partial charge on any atom is -0.368 e. The van der Waals surface area contributed by atoms with Crippen molar-refractivity contribution in [1.82, 2.24) is 4.72 Å². The van der Waals surface area contributed by atoms with Crippen LogP contribution < -0.4 is 10.5 Å². The number of carbonyl (C=O) groups is 1. The molecule has 0 spiro atoms. The molecule has 0 fully saturated rings. The molecular formula is C12H17BrN2O3S. The molecule has 1 aromatic carbocycles. The Morgan fingerprint density at radius 1 is 1.37 bits per heavy atom. The van der Waals surface area contributed by atoms with Crippen molar-refractivity contribution in [3.63, 3.8) is 0 Å². The number of primary amides is 1. The van der Waals surface area contributed by atoms with Crippen LogP contribution in [0.25, 0.3) is 0 Å². The van der Waals surface area contributed by atoms with Crippen LogP contribution in [0.3, 0.4) is 0 Å². The molecule has 1 rings (SSSR count). The zero-order valence-corrected chi connectivity index (χ0v) is 13.4. The summed E-state index contributed by atoms with van der Waals surface area (Å²) in [7, 11) is -3.79. The Kier molecular flexibility index (Phi) is 4.76. The van der Waals surface area contributed by atoms with Crippen LogP contribution in [0, 0.1) is 5.41 Å². The number of hydrogen-bond acceptors (Lipinski definition) is 3. The number of carbonyl (C=O) groups excluding carboxylic acids is 1. The van der Waals surface area contributed by atoms with E-state index >= 15 is 0 Å². The van der Waals surface area contributed by atoms with Crippen LogP contribution in [0.4, 0.5) is 0 Å². The van der Waals surface area contributed by atoms with Crippen LogP contribution >= 0.6 is 15.9 Å². The van der Waals surface area contributed by atoms with Crippen molar-refractivity contribution in [2.75, 3.05) is 0 Å². The summed E-state index contributed by atoms with van der Waals surface area (Å²) in [5, 5.41) is 0. The van der Waals surface area contributed by atoms with E-state index in [1.165, 1.54) is 12.1 Å². The minimum absolute atomic E-state index is 0.0809. The first-order valence-corrected chi connectivity index (χ1v) is 7.89. The summed E-state index contributed by atoms with van der Waals surface area (Å²) in [4.78, 5) is 11.5. The highest BCUT2D eigenvalue weighted by Gasteiger charge is 2.33.